The highest BCUT2D eigenvalue weighted by Gasteiger charge is 2.19. The van der Waals surface area contributed by atoms with Crippen LogP contribution < -0.4 is 5.32 Å². The first-order chi connectivity index (χ1) is 8.26. The molecule has 1 aromatic carbocycles. The minimum atomic E-state index is -0.723. The number of likely N-dealkylation sites (N-methyl/N-ethyl adjacent to an activating group) is 1. The average Bonchev–Trinajstić information content (AvgIpc) is 2.82. The lowest BCUT2D eigenvalue weighted by molar-refractivity contribution is 0.0912. The molecule has 2 aromatic rings. The minimum Gasteiger partial charge on any atom is -0.464 e. The Labute approximate surface area is 99.9 Å². The number of fused-ring (bicyclic) bond motifs is 1. The van der Waals surface area contributed by atoms with Gasteiger partial charge in [0.1, 0.15) is 5.58 Å². The summed E-state index contributed by atoms with van der Waals surface area (Å²) in [6, 6.07) is 7.03. The molecule has 0 bridgehead atoms. The van der Waals surface area contributed by atoms with E-state index in [0.29, 0.717) is 6.54 Å². The van der Waals surface area contributed by atoms with Gasteiger partial charge in [0.05, 0.1) is 25.0 Å². The molecular weight excluding hydrogens is 218 g/mol. The lowest BCUT2D eigenvalue weighted by atomic mass is 10.0. The monoisotopic (exact) mass is 235 g/mol. The number of nitrogens with one attached hydrogen (secondary N) is 1. The van der Waals surface area contributed by atoms with Crippen LogP contribution >= 0.6 is 0 Å². The van der Waals surface area contributed by atoms with Gasteiger partial charge in [0.25, 0.3) is 0 Å². The maximum absolute atomic E-state index is 10.2. The van der Waals surface area contributed by atoms with Crippen LogP contribution in [0.25, 0.3) is 11.0 Å². The molecule has 0 amide bonds. The number of hydrogen-bond acceptors (Lipinski definition) is 4. The normalized spacial score (nSPS) is 15.0. The molecule has 2 atom stereocenters. The fraction of sp³-hybridized carbons (Fsp3) is 0.385. The van der Waals surface area contributed by atoms with Crippen LogP contribution in [0.3, 0.4) is 0 Å². The summed E-state index contributed by atoms with van der Waals surface area (Å²) in [5.41, 5.74) is 1.57. The average molecular weight is 235 g/mol. The van der Waals surface area contributed by atoms with Gasteiger partial charge < -0.3 is 19.9 Å². The van der Waals surface area contributed by atoms with Crippen molar-refractivity contribution in [2.45, 2.75) is 19.1 Å². The standard InChI is InChI=1S/C13H17NO3/c1-2-14-11(8-15)13(16)10-3-4-12-9(7-10)5-6-17-12/h3-7,11,13-16H,2,8H2,1H3. The van der Waals surface area contributed by atoms with E-state index in [-0.39, 0.29) is 12.6 Å². The molecule has 4 heteroatoms. The molecule has 92 valence electrons. The Bertz CT molecular complexity index is 480. The third-order valence-electron chi connectivity index (χ3n) is 2.86. The quantitative estimate of drug-likeness (QED) is 0.733. The molecule has 0 saturated carbocycles. The van der Waals surface area contributed by atoms with Gasteiger partial charge in [-0.2, -0.15) is 0 Å². The van der Waals surface area contributed by atoms with Crippen LogP contribution in [-0.4, -0.2) is 29.4 Å². The van der Waals surface area contributed by atoms with Crippen molar-refractivity contribution in [2.75, 3.05) is 13.2 Å². The van der Waals surface area contributed by atoms with E-state index >= 15 is 0 Å². The fourth-order valence-corrected chi connectivity index (χ4v) is 1.94. The molecule has 3 N–H and O–H groups in total. The number of aliphatic hydroxyl groups is 2. The first kappa shape index (κ1) is 12.1. The van der Waals surface area contributed by atoms with Gasteiger partial charge in [0, 0.05) is 5.39 Å². The highest BCUT2D eigenvalue weighted by atomic mass is 16.3. The van der Waals surface area contributed by atoms with Gasteiger partial charge in [0.15, 0.2) is 0 Å². The summed E-state index contributed by atoms with van der Waals surface area (Å²) >= 11 is 0. The maximum atomic E-state index is 10.2. The number of aliphatic hydroxyl groups excluding tert-OH is 2. The molecule has 1 aromatic heterocycles. The lowest BCUT2D eigenvalue weighted by Crippen LogP contribution is -2.37. The Morgan fingerprint density at radius 2 is 2.18 bits per heavy atom. The second kappa shape index (κ2) is 5.31. The summed E-state index contributed by atoms with van der Waals surface area (Å²) in [6.45, 7) is 2.54. The summed E-state index contributed by atoms with van der Waals surface area (Å²) in [4.78, 5) is 0. The summed E-state index contributed by atoms with van der Waals surface area (Å²) in [6.07, 6.45) is 0.897. The van der Waals surface area contributed by atoms with E-state index in [1.54, 1.807) is 6.26 Å². The lowest BCUT2D eigenvalue weighted by Gasteiger charge is -2.21. The van der Waals surface area contributed by atoms with E-state index in [0.717, 1.165) is 16.5 Å². The van der Waals surface area contributed by atoms with Crippen LogP contribution in [0.15, 0.2) is 34.9 Å². The second-order valence-corrected chi connectivity index (χ2v) is 4.01. The van der Waals surface area contributed by atoms with E-state index in [1.807, 2.05) is 31.2 Å². The second-order valence-electron chi connectivity index (χ2n) is 4.01. The molecule has 0 aliphatic rings. The van der Waals surface area contributed by atoms with Crippen molar-refractivity contribution in [3.8, 4) is 0 Å². The number of hydrogen-bond donors (Lipinski definition) is 3. The first-order valence-corrected chi connectivity index (χ1v) is 5.75. The van der Waals surface area contributed by atoms with Crippen molar-refractivity contribution in [1.82, 2.24) is 5.32 Å². The van der Waals surface area contributed by atoms with Crippen LogP contribution in [-0.2, 0) is 0 Å². The topological polar surface area (TPSA) is 65.6 Å². The fourth-order valence-electron chi connectivity index (χ4n) is 1.94. The Morgan fingerprint density at radius 1 is 1.35 bits per heavy atom. The van der Waals surface area contributed by atoms with Gasteiger partial charge in [-0.05, 0) is 30.3 Å². The Kier molecular flexibility index (Phi) is 3.78. The summed E-state index contributed by atoms with van der Waals surface area (Å²) in [5.74, 6) is 0. The summed E-state index contributed by atoms with van der Waals surface area (Å²) < 4.78 is 5.24. The largest absolute Gasteiger partial charge is 0.464 e. The van der Waals surface area contributed by atoms with E-state index in [2.05, 4.69) is 5.32 Å². The van der Waals surface area contributed by atoms with E-state index in [9.17, 15) is 10.2 Å². The molecule has 0 aliphatic carbocycles. The van der Waals surface area contributed by atoms with Crippen molar-refractivity contribution in [3.05, 3.63) is 36.1 Å². The third-order valence-corrected chi connectivity index (χ3v) is 2.86. The molecule has 2 unspecified atom stereocenters. The molecular formula is C13H17NO3. The number of furan rings is 1. The molecule has 0 aliphatic heterocycles. The van der Waals surface area contributed by atoms with Crippen molar-refractivity contribution < 1.29 is 14.6 Å². The van der Waals surface area contributed by atoms with E-state index in [1.165, 1.54) is 0 Å². The summed E-state index contributed by atoms with van der Waals surface area (Å²) in [5, 5.41) is 23.4. The van der Waals surface area contributed by atoms with Gasteiger partial charge >= 0.3 is 0 Å². The zero-order valence-electron chi connectivity index (χ0n) is 9.76. The first-order valence-electron chi connectivity index (χ1n) is 5.75. The van der Waals surface area contributed by atoms with Crippen molar-refractivity contribution in [1.29, 1.82) is 0 Å². The molecule has 0 saturated heterocycles. The highest BCUT2D eigenvalue weighted by Crippen LogP contribution is 2.23. The maximum Gasteiger partial charge on any atom is 0.133 e. The number of rotatable bonds is 5. The van der Waals surface area contributed by atoms with Gasteiger partial charge in [-0.1, -0.05) is 13.0 Å². The predicted octanol–water partition coefficient (Wildman–Crippen LogP) is 1.44. The van der Waals surface area contributed by atoms with Gasteiger partial charge in [-0.3, -0.25) is 0 Å². The molecule has 2 rings (SSSR count). The Hall–Kier alpha value is -1.36. The van der Waals surface area contributed by atoms with Crippen molar-refractivity contribution >= 4 is 11.0 Å². The smallest absolute Gasteiger partial charge is 0.133 e. The number of benzene rings is 1. The predicted molar refractivity (Wildman–Crippen MR) is 65.7 cm³/mol. The highest BCUT2D eigenvalue weighted by molar-refractivity contribution is 5.77. The van der Waals surface area contributed by atoms with Crippen LogP contribution in [0.5, 0.6) is 0 Å². The van der Waals surface area contributed by atoms with Gasteiger partial charge in [-0.15, -0.1) is 0 Å². The van der Waals surface area contributed by atoms with E-state index < -0.39 is 6.10 Å². The molecule has 17 heavy (non-hydrogen) atoms. The van der Waals surface area contributed by atoms with Gasteiger partial charge in [0.2, 0.25) is 0 Å². The Balaban J connectivity index is 2.24. The molecule has 4 nitrogen and oxygen atoms in total. The molecule has 0 radical (unpaired) electrons. The van der Waals surface area contributed by atoms with Crippen LogP contribution in [0.2, 0.25) is 0 Å². The van der Waals surface area contributed by atoms with Crippen LogP contribution in [0.4, 0.5) is 0 Å². The molecule has 1 heterocycles. The van der Waals surface area contributed by atoms with E-state index in [4.69, 9.17) is 4.42 Å². The van der Waals surface area contributed by atoms with Crippen molar-refractivity contribution in [3.63, 3.8) is 0 Å². The molecule has 0 fully saturated rings. The van der Waals surface area contributed by atoms with Crippen LogP contribution in [0.1, 0.15) is 18.6 Å². The zero-order valence-corrected chi connectivity index (χ0v) is 9.76. The SMILES string of the molecule is CCNC(CO)C(O)c1ccc2occc2c1. The summed E-state index contributed by atoms with van der Waals surface area (Å²) in [7, 11) is 0. The zero-order chi connectivity index (χ0) is 12.3. The third kappa shape index (κ3) is 2.49. The van der Waals surface area contributed by atoms with Crippen LogP contribution in [0, 0.1) is 0 Å². The van der Waals surface area contributed by atoms with Crippen molar-refractivity contribution in [2.24, 2.45) is 0 Å². The minimum absolute atomic E-state index is 0.0988. The molecule has 0 spiro atoms. The van der Waals surface area contributed by atoms with Gasteiger partial charge in [-0.25, -0.2) is 0 Å². The Morgan fingerprint density at radius 3 is 2.88 bits per heavy atom.